The minimum absolute atomic E-state index is 0.00713. The van der Waals surface area contributed by atoms with Crippen LogP contribution in [0.25, 0.3) is 0 Å². The fraction of sp³-hybridized carbons (Fsp3) is 0.806. The van der Waals surface area contributed by atoms with Gasteiger partial charge < -0.3 is 9.84 Å². The number of hydrogen-bond donors (Lipinski definition) is 1. The summed E-state index contributed by atoms with van der Waals surface area (Å²) < 4.78 is 5.94. The van der Waals surface area contributed by atoms with Gasteiger partial charge in [0.15, 0.2) is 0 Å². The Kier molecular flexibility index (Phi) is 8.59. The first-order chi connectivity index (χ1) is 18.6. The zero-order chi connectivity index (χ0) is 27.8. The van der Waals surface area contributed by atoms with Crippen molar-refractivity contribution < 1.29 is 14.6 Å². The fourth-order valence-electron chi connectivity index (χ4n) is 10.6. The van der Waals surface area contributed by atoms with Gasteiger partial charge in [-0.1, -0.05) is 59.2 Å². The van der Waals surface area contributed by atoms with Crippen LogP contribution in [-0.2, 0) is 4.74 Å². The summed E-state index contributed by atoms with van der Waals surface area (Å²) >= 11 is 0. The molecule has 3 nitrogen and oxygen atoms in total. The number of esters is 1. The molecule has 1 aromatic carbocycles. The number of ether oxygens (including phenoxy) is 1. The molecule has 39 heavy (non-hydrogen) atoms. The molecule has 4 aliphatic rings. The number of fused-ring (bicyclic) bond motifs is 5. The Labute approximate surface area is 238 Å². The van der Waals surface area contributed by atoms with Gasteiger partial charge in [-0.2, -0.15) is 0 Å². The summed E-state index contributed by atoms with van der Waals surface area (Å²) in [7, 11) is 0. The predicted octanol–water partition coefficient (Wildman–Crippen LogP) is 9.23. The van der Waals surface area contributed by atoms with E-state index in [-0.39, 0.29) is 12.1 Å². The maximum atomic E-state index is 12.7. The molecular weight excluding hydrogens is 480 g/mol. The van der Waals surface area contributed by atoms with E-state index in [0.29, 0.717) is 28.2 Å². The zero-order valence-corrected chi connectivity index (χ0v) is 25.6. The van der Waals surface area contributed by atoms with Crippen LogP contribution in [-0.4, -0.2) is 22.8 Å². The lowest BCUT2D eigenvalue weighted by Gasteiger charge is -2.58. The predicted molar refractivity (Wildman–Crippen MR) is 159 cm³/mol. The van der Waals surface area contributed by atoms with Crippen LogP contribution in [0.15, 0.2) is 30.3 Å². The maximum absolute atomic E-state index is 12.7. The van der Waals surface area contributed by atoms with Crippen LogP contribution in [0.2, 0.25) is 0 Å². The van der Waals surface area contributed by atoms with E-state index in [9.17, 15) is 9.90 Å². The molecule has 10 atom stereocenters. The van der Waals surface area contributed by atoms with Crippen molar-refractivity contribution in [1.82, 2.24) is 0 Å². The van der Waals surface area contributed by atoms with E-state index in [2.05, 4.69) is 34.6 Å². The highest BCUT2D eigenvalue weighted by Crippen LogP contribution is 2.68. The lowest BCUT2D eigenvalue weighted by atomic mass is 9.48. The highest BCUT2D eigenvalue weighted by molar-refractivity contribution is 5.89. The van der Waals surface area contributed by atoms with Gasteiger partial charge in [-0.3, -0.25) is 0 Å². The van der Waals surface area contributed by atoms with E-state index in [1.165, 1.54) is 51.4 Å². The third kappa shape index (κ3) is 5.47. The molecule has 218 valence electrons. The van der Waals surface area contributed by atoms with Gasteiger partial charge in [0.25, 0.3) is 0 Å². The second-order valence-electron chi connectivity index (χ2n) is 14.9. The van der Waals surface area contributed by atoms with Gasteiger partial charge in [0, 0.05) is 0 Å². The molecule has 0 aliphatic heterocycles. The van der Waals surface area contributed by atoms with Crippen molar-refractivity contribution >= 4 is 5.97 Å². The summed E-state index contributed by atoms with van der Waals surface area (Å²) in [6, 6.07) is 9.44. The molecule has 5 rings (SSSR count). The van der Waals surface area contributed by atoms with Gasteiger partial charge in [-0.25, -0.2) is 4.79 Å². The van der Waals surface area contributed by atoms with Gasteiger partial charge in [-0.05, 0) is 142 Å². The highest BCUT2D eigenvalue weighted by Gasteiger charge is 2.60. The summed E-state index contributed by atoms with van der Waals surface area (Å²) in [5.74, 6) is 4.57. The molecule has 0 amide bonds. The normalized spacial score (nSPS) is 41.4. The minimum Gasteiger partial charge on any atom is -0.459 e. The first-order valence-electron chi connectivity index (χ1n) is 16.6. The van der Waals surface area contributed by atoms with Gasteiger partial charge in [0.1, 0.15) is 6.10 Å². The summed E-state index contributed by atoms with van der Waals surface area (Å²) in [6.07, 6.45) is 16.9. The maximum Gasteiger partial charge on any atom is 0.338 e. The first kappa shape index (κ1) is 29.2. The molecule has 0 saturated heterocycles. The number of carbonyl (C=O) groups is 1. The average Bonchev–Trinajstić information content (AvgIpc) is 3.23. The molecule has 0 spiro atoms. The Morgan fingerprint density at radius 1 is 0.949 bits per heavy atom. The van der Waals surface area contributed by atoms with Crippen LogP contribution in [0.1, 0.15) is 135 Å². The standard InChI is InChI=1S/C36H56O3/c1-6-28(39-33(37)26-12-9-8-10-13-26)17-16-25(3)30-18-19-31-29-15-11-14-27-24-36(38,7-2)23-22-34(27,4)32(29)20-21-35(30,31)5/h8-10,12-13,25,27-32,38H,6-7,11,14-24H2,1-5H3/t25-,27+,28-,29-,30-,31+,32?,34+,35-,36+/m1/s1. The lowest BCUT2D eigenvalue weighted by Crippen LogP contribution is -2.52. The molecule has 4 fully saturated rings. The van der Waals surface area contributed by atoms with Crippen molar-refractivity contribution in [2.45, 2.75) is 136 Å². The number of aliphatic hydroxyl groups is 1. The topological polar surface area (TPSA) is 46.5 Å². The fourth-order valence-corrected chi connectivity index (χ4v) is 10.6. The summed E-state index contributed by atoms with van der Waals surface area (Å²) in [6.45, 7) is 12.1. The van der Waals surface area contributed by atoms with Crippen molar-refractivity contribution in [2.75, 3.05) is 0 Å². The molecule has 0 aromatic heterocycles. The summed E-state index contributed by atoms with van der Waals surface area (Å²) in [4.78, 5) is 12.7. The number of carbonyl (C=O) groups excluding carboxylic acids is 1. The molecular formula is C36H56O3. The average molecular weight is 537 g/mol. The molecule has 0 radical (unpaired) electrons. The van der Waals surface area contributed by atoms with Crippen molar-refractivity contribution in [1.29, 1.82) is 0 Å². The van der Waals surface area contributed by atoms with E-state index < -0.39 is 5.60 Å². The first-order valence-corrected chi connectivity index (χ1v) is 16.6. The monoisotopic (exact) mass is 536 g/mol. The Balaban J connectivity index is 1.23. The van der Waals surface area contributed by atoms with Crippen LogP contribution in [0.4, 0.5) is 0 Å². The van der Waals surface area contributed by atoms with E-state index in [1.54, 1.807) is 0 Å². The smallest absolute Gasteiger partial charge is 0.338 e. The Hall–Kier alpha value is -1.35. The molecule has 0 heterocycles. The Bertz CT molecular complexity index is 975. The summed E-state index contributed by atoms with van der Waals surface area (Å²) in [5.41, 5.74) is 1.12. The molecule has 1 N–H and O–H groups in total. The van der Waals surface area contributed by atoms with Crippen LogP contribution < -0.4 is 0 Å². The van der Waals surface area contributed by atoms with E-state index >= 15 is 0 Å². The second kappa shape index (κ2) is 11.5. The minimum atomic E-state index is -0.410. The largest absolute Gasteiger partial charge is 0.459 e. The molecule has 1 unspecified atom stereocenters. The van der Waals surface area contributed by atoms with E-state index in [0.717, 1.165) is 62.2 Å². The van der Waals surface area contributed by atoms with Gasteiger partial charge in [-0.15, -0.1) is 0 Å². The molecule has 1 aromatic rings. The number of benzene rings is 1. The molecule has 4 saturated carbocycles. The summed E-state index contributed by atoms with van der Waals surface area (Å²) in [5, 5.41) is 11.2. The molecule has 3 heteroatoms. The highest BCUT2D eigenvalue weighted by atomic mass is 16.5. The zero-order valence-electron chi connectivity index (χ0n) is 25.6. The van der Waals surface area contributed by atoms with Crippen molar-refractivity contribution in [3.05, 3.63) is 35.9 Å². The molecule has 4 aliphatic carbocycles. The lowest BCUT2D eigenvalue weighted by molar-refractivity contribution is -0.118. The van der Waals surface area contributed by atoms with Crippen molar-refractivity contribution in [2.24, 2.45) is 46.3 Å². The van der Waals surface area contributed by atoms with Crippen molar-refractivity contribution in [3.8, 4) is 0 Å². The third-order valence-electron chi connectivity index (χ3n) is 13.2. The number of hydrogen-bond acceptors (Lipinski definition) is 3. The van der Waals surface area contributed by atoms with Crippen LogP contribution in [0.3, 0.4) is 0 Å². The third-order valence-corrected chi connectivity index (χ3v) is 13.2. The molecule has 0 bridgehead atoms. The van der Waals surface area contributed by atoms with Crippen molar-refractivity contribution in [3.63, 3.8) is 0 Å². The Morgan fingerprint density at radius 3 is 2.41 bits per heavy atom. The van der Waals surface area contributed by atoms with E-state index in [4.69, 9.17) is 4.74 Å². The van der Waals surface area contributed by atoms with Crippen LogP contribution >= 0.6 is 0 Å². The van der Waals surface area contributed by atoms with E-state index in [1.807, 2.05) is 30.3 Å². The van der Waals surface area contributed by atoms with Crippen LogP contribution in [0, 0.1) is 46.3 Å². The van der Waals surface area contributed by atoms with Gasteiger partial charge in [0.05, 0.1) is 11.2 Å². The van der Waals surface area contributed by atoms with Crippen LogP contribution in [0.5, 0.6) is 0 Å². The van der Waals surface area contributed by atoms with Gasteiger partial charge >= 0.3 is 5.97 Å². The SMILES string of the molecule is CC[C@H](CC[C@@H](C)[C@H]1CC[C@H]2[C@H]3CCC[C@H]4C[C@](O)(CC)CC[C@]4(C)C3CC[C@]12C)OC(=O)c1ccccc1. The number of rotatable bonds is 8. The van der Waals surface area contributed by atoms with Gasteiger partial charge in [0.2, 0.25) is 0 Å². The quantitative estimate of drug-likeness (QED) is 0.337. The Morgan fingerprint density at radius 2 is 1.69 bits per heavy atom. The second-order valence-corrected chi connectivity index (χ2v) is 14.9.